The summed E-state index contributed by atoms with van der Waals surface area (Å²) < 4.78 is 41.9. The Hall–Kier alpha value is -4.24. The van der Waals surface area contributed by atoms with Crippen molar-refractivity contribution in [1.82, 2.24) is 14.5 Å². The molecule has 1 saturated carbocycles. The minimum absolute atomic E-state index is 0.0457. The molecular formula is C31H28F3N5O. The summed E-state index contributed by atoms with van der Waals surface area (Å²) in [5.41, 5.74) is 5.20. The summed E-state index contributed by atoms with van der Waals surface area (Å²) >= 11 is 0. The number of pyridine rings is 1. The van der Waals surface area contributed by atoms with E-state index in [1.165, 1.54) is 12.1 Å². The van der Waals surface area contributed by atoms with Crippen LogP contribution in [0.1, 0.15) is 36.9 Å². The van der Waals surface area contributed by atoms with Crippen LogP contribution >= 0.6 is 0 Å². The van der Waals surface area contributed by atoms with Crippen molar-refractivity contribution in [3.8, 4) is 17.1 Å². The number of aliphatic hydroxyl groups is 1. The number of fused-ring (bicyclic) bond motifs is 2. The first kappa shape index (κ1) is 26.0. The fourth-order valence-electron chi connectivity index (χ4n) is 5.27. The lowest BCUT2D eigenvalue weighted by molar-refractivity contribution is -0.137. The molecule has 0 spiro atoms. The SMILES string of the molecule is Cc1ncccc1Nc1cc2nc3ccccc3n(-c3ccc(C(F)(F)F)cc3)c-2cc1=NC1CCC(O)CC1. The first-order chi connectivity index (χ1) is 19.3. The number of rotatable bonds is 4. The van der Waals surface area contributed by atoms with Crippen molar-refractivity contribution in [2.24, 2.45) is 4.99 Å². The molecule has 1 fully saturated rings. The largest absolute Gasteiger partial charge is 0.416 e. The molecule has 204 valence electrons. The number of nitrogens with zero attached hydrogens (tertiary/aromatic N) is 4. The van der Waals surface area contributed by atoms with Crippen LogP contribution in [0.25, 0.3) is 28.1 Å². The van der Waals surface area contributed by atoms with Crippen LogP contribution in [-0.4, -0.2) is 31.8 Å². The topological polar surface area (TPSA) is 75.3 Å². The van der Waals surface area contributed by atoms with E-state index in [1.807, 2.05) is 60.0 Å². The summed E-state index contributed by atoms with van der Waals surface area (Å²) in [4.78, 5) is 14.4. The van der Waals surface area contributed by atoms with Crippen molar-refractivity contribution in [1.29, 1.82) is 0 Å². The number of hydrogen-bond donors (Lipinski definition) is 2. The van der Waals surface area contributed by atoms with Crippen LogP contribution in [0.5, 0.6) is 0 Å². The van der Waals surface area contributed by atoms with Crippen LogP contribution in [-0.2, 0) is 6.18 Å². The van der Waals surface area contributed by atoms with Gasteiger partial charge in [0.1, 0.15) is 0 Å². The van der Waals surface area contributed by atoms with Crippen molar-refractivity contribution >= 4 is 22.4 Å². The van der Waals surface area contributed by atoms with Crippen LogP contribution in [0.4, 0.5) is 24.5 Å². The van der Waals surface area contributed by atoms with E-state index in [0.717, 1.165) is 58.6 Å². The summed E-state index contributed by atoms with van der Waals surface area (Å²) in [6.07, 6.45) is -0.0282. The van der Waals surface area contributed by atoms with Crippen LogP contribution in [0.15, 0.2) is 84.0 Å². The Balaban J connectivity index is 1.59. The van der Waals surface area contributed by atoms with E-state index in [9.17, 15) is 18.3 Å². The molecule has 2 heterocycles. The van der Waals surface area contributed by atoms with E-state index < -0.39 is 11.7 Å². The van der Waals surface area contributed by atoms with Gasteiger partial charge in [-0.15, -0.1) is 0 Å². The van der Waals surface area contributed by atoms with Crippen molar-refractivity contribution in [3.63, 3.8) is 0 Å². The zero-order chi connectivity index (χ0) is 27.9. The van der Waals surface area contributed by atoms with Gasteiger partial charge in [0.15, 0.2) is 0 Å². The molecule has 1 aliphatic heterocycles. The second-order valence-electron chi connectivity index (χ2n) is 10.2. The smallest absolute Gasteiger partial charge is 0.393 e. The molecule has 9 heteroatoms. The highest BCUT2D eigenvalue weighted by Gasteiger charge is 2.30. The fraction of sp³-hybridized carbons (Fsp3) is 0.258. The summed E-state index contributed by atoms with van der Waals surface area (Å²) in [7, 11) is 0. The predicted molar refractivity (Wildman–Crippen MR) is 149 cm³/mol. The fourth-order valence-corrected chi connectivity index (χ4v) is 5.27. The Morgan fingerprint density at radius 1 is 0.925 bits per heavy atom. The van der Waals surface area contributed by atoms with Gasteiger partial charge in [-0.25, -0.2) is 4.98 Å². The number of aryl methyl sites for hydroxylation is 1. The maximum Gasteiger partial charge on any atom is 0.416 e. The molecular weight excluding hydrogens is 515 g/mol. The highest BCUT2D eigenvalue weighted by molar-refractivity contribution is 5.84. The zero-order valence-corrected chi connectivity index (χ0v) is 21.9. The number of benzene rings is 3. The van der Waals surface area contributed by atoms with Crippen molar-refractivity contribution in [2.75, 3.05) is 5.32 Å². The maximum atomic E-state index is 13.3. The van der Waals surface area contributed by atoms with Crippen LogP contribution in [0, 0.1) is 6.92 Å². The number of halogens is 3. The molecule has 0 saturated heterocycles. The van der Waals surface area contributed by atoms with E-state index in [4.69, 9.17) is 9.98 Å². The summed E-state index contributed by atoms with van der Waals surface area (Å²) in [6.45, 7) is 1.92. The highest BCUT2D eigenvalue weighted by Crippen LogP contribution is 2.33. The molecule has 0 unspecified atom stereocenters. The molecule has 6 nitrogen and oxygen atoms in total. The zero-order valence-electron chi connectivity index (χ0n) is 21.9. The quantitative estimate of drug-likeness (QED) is 0.245. The van der Waals surface area contributed by atoms with Crippen LogP contribution < -0.4 is 10.7 Å². The van der Waals surface area contributed by atoms with Gasteiger partial charge in [0.05, 0.1) is 62.6 Å². The van der Waals surface area contributed by atoms with Crippen molar-refractivity contribution in [2.45, 2.75) is 50.9 Å². The minimum atomic E-state index is -4.42. The lowest BCUT2D eigenvalue weighted by Gasteiger charge is -2.23. The summed E-state index contributed by atoms with van der Waals surface area (Å²) in [5.74, 6) is 0. The molecule has 1 aromatic heterocycles. The molecule has 0 atom stereocenters. The average Bonchev–Trinajstić information content (AvgIpc) is 2.94. The number of hydrogen-bond acceptors (Lipinski definition) is 5. The second kappa shape index (κ2) is 10.4. The van der Waals surface area contributed by atoms with E-state index in [2.05, 4.69) is 10.3 Å². The monoisotopic (exact) mass is 543 g/mol. The van der Waals surface area contributed by atoms with E-state index in [1.54, 1.807) is 6.20 Å². The van der Waals surface area contributed by atoms with Crippen molar-refractivity contribution in [3.05, 3.63) is 95.6 Å². The second-order valence-corrected chi connectivity index (χ2v) is 10.2. The Bertz CT molecular complexity index is 1700. The summed E-state index contributed by atoms with van der Waals surface area (Å²) in [5, 5.41) is 14.2. The number of alkyl halides is 3. The van der Waals surface area contributed by atoms with Gasteiger partial charge < -0.3 is 15.0 Å². The minimum Gasteiger partial charge on any atom is -0.393 e. The molecule has 0 amide bonds. The van der Waals surface area contributed by atoms with Gasteiger partial charge in [0.2, 0.25) is 0 Å². The Labute approximate surface area is 229 Å². The Kier molecular flexibility index (Phi) is 6.75. The molecule has 0 radical (unpaired) electrons. The van der Waals surface area contributed by atoms with Gasteiger partial charge in [-0.05, 0) is 93.3 Å². The third kappa shape index (κ3) is 5.16. The van der Waals surface area contributed by atoms with Gasteiger partial charge >= 0.3 is 6.18 Å². The van der Waals surface area contributed by atoms with Gasteiger partial charge in [-0.3, -0.25) is 9.98 Å². The average molecular weight is 544 g/mol. The first-order valence-electron chi connectivity index (χ1n) is 13.3. The van der Waals surface area contributed by atoms with Gasteiger partial charge in [-0.2, -0.15) is 13.2 Å². The molecule has 3 aliphatic rings. The summed E-state index contributed by atoms with van der Waals surface area (Å²) in [6, 6.07) is 20.5. The third-order valence-corrected chi connectivity index (χ3v) is 7.41. The molecule has 40 heavy (non-hydrogen) atoms. The lowest BCUT2D eigenvalue weighted by atomic mass is 9.93. The van der Waals surface area contributed by atoms with Gasteiger partial charge in [0, 0.05) is 11.9 Å². The maximum absolute atomic E-state index is 13.3. The van der Waals surface area contributed by atoms with Crippen molar-refractivity contribution < 1.29 is 18.3 Å². The van der Waals surface area contributed by atoms with Crippen LogP contribution in [0.3, 0.4) is 0 Å². The Morgan fingerprint density at radius 2 is 1.68 bits per heavy atom. The van der Waals surface area contributed by atoms with E-state index in [-0.39, 0.29) is 12.1 Å². The molecule has 2 aromatic carbocycles. The molecule has 0 bridgehead atoms. The standard InChI is InChI=1S/C31H28F3N5O/c1-19-24(6-4-16-35-19)37-26-17-28-30(18-27(26)36-21-10-14-23(40)15-11-21)39(29-7-3-2-5-25(29)38-28)22-12-8-20(9-13-22)31(32,33)34/h2-9,12-13,16-18,21,23,37,40H,10-11,14-15H2,1H3. The first-order valence-corrected chi connectivity index (χ1v) is 13.3. The number of anilines is 2. The number of para-hydroxylation sites is 2. The van der Waals surface area contributed by atoms with Gasteiger partial charge in [0.25, 0.3) is 0 Å². The molecule has 3 aromatic rings. The molecule has 6 rings (SSSR count). The van der Waals surface area contributed by atoms with Gasteiger partial charge in [-0.1, -0.05) is 12.1 Å². The number of aromatic nitrogens is 3. The third-order valence-electron chi connectivity index (χ3n) is 7.41. The normalized spacial score (nSPS) is 18.4. The van der Waals surface area contributed by atoms with E-state index in [0.29, 0.717) is 29.7 Å². The number of nitrogens with one attached hydrogen (secondary N) is 1. The highest BCUT2D eigenvalue weighted by atomic mass is 19.4. The molecule has 2 aliphatic carbocycles. The lowest BCUT2D eigenvalue weighted by Crippen LogP contribution is -2.24. The van der Waals surface area contributed by atoms with E-state index >= 15 is 0 Å². The predicted octanol–water partition coefficient (Wildman–Crippen LogP) is 6.80. The Morgan fingerprint density at radius 3 is 2.40 bits per heavy atom. The number of aliphatic hydroxyl groups excluding tert-OH is 1. The molecule has 2 N–H and O–H groups in total. The van der Waals surface area contributed by atoms with Crippen LogP contribution in [0.2, 0.25) is 0 Å².